The lowest BCUT2D eigenvalue weighted by atomic mass is 10.4. The molecule has 0 atom stereocenters. The zero-order valence-corrected chi connectivity index (χ0v) is 11.2. The predicted octanol–water partition coefficient (Wildman–Crippen LogP) is 2.50. The Balaban J connectivity index is 1.93. The van der Waals surface area contributed by atoms with Crippen LogP contribution >= 0.6 is 11.8 Å². The van der Waals surface area contributed by atoms with Crippen molar-refractivity contribution < 1.29 is 8.78 Å². The summed E-state index contributed by atoms with van der Waals surface area (Å²) >= 11 is 1.26. The number of hydrogen-bond donors (Lipinski definition) is 1. The third-order valence-corrected chi connectivity index (χ3v) is 3.47. The molecule has 0 radical (unpaired) electrons. The van der Waals surface area contributed by atoms with Crippen molar-refractivity contribution in [2.24, 2.45) is 0 Å². The molecule has 0 fully saturated rings. The van der Waals surface area contributed by atoms with Crippen molar-refractivity contribution in [2.45, 2.75) is 30.0 Å². The molecule has 0 amide bonds. The van der Waals surface area contributed by atoms with Crippen molar-refractivity contribution in [1.29, 1.82) is 0 Å². The molecule has 0 spiro atoms. The molecule has 6 nitrogen and oxygen atoms in total. The first-order valence-corrected chi connectivity index (χ1v) is 6.71. The van der Waals surface area contributed by atoms with Crippen LogP contribution in [0.4, 0.5) is 8.78 Å². The van der Waals surface area contributed by atoms with Crippen LogP contribution in [0.3, 0.4) is 0 Å². The largest absolute Gasteiger partial charge is 0.337 e. The number of hydrogen-bond acceptors (Lipinski definition) is 5. The molecule has 104 valence electrons. The highest BCUT2D eigenvalue weighted by molar-refractivity contribution is 7.99. The molecule has 0 saturated carbocycles. The molecule has 1 N–H and O–H groups in total. The van der Waals surface area contributed by atoms with E-state index in [1.54, 1.807) is 18.3 Å². The van der Waals surface area contributed by atoms with Gasteiger partial charge in [-0.15, -0.1) is 10.2 Å². The van der Waals surface area contributed by atoms with Crippen LogP contribution in [0.15, 0.2) is 28.5 Å². The van der Waals surface area contributed by atoms with Crippen LogP contribution in [0.1, 0.15) is 24.9 Å². The highest BCUT2D eigenvalue weighted by atomic mass is 32.2. The van der Waals surface area contributed by atoms with Crippen molar-refractivity contribution >= 4 is 17.4 Å². The van der Waals surface area contributed by atoms with E-state index in [9.17, 15) is 8.78 Å². The predicted molar refractivity (Wildman–Crippen MR) is 67.8 cm³/mol. The fourth-order valence-electron chi connectivity index (χ4n) is 1.65. The van der Waals surface area contributed by atoms with E-state index >= 15 is 0 Å². The average molecular weight is 296 g/mol. The van der Waals surface area contributed by atoms with Gasteiger partial charge in [-0.2, -0.15) is 9.61 Å². The summed E-state index contributed by atoms with van der Waals surface area (Å²) in [5, 5.41) is 12.4. The molecule has 0 unspecified atom stereocenters. The first kappa shape index (κ1) is 13.0. The number of nitrogens with one attached hydrogen (secondary N) is 1. The lowest BCUT2D eigenvalue weighted by molar-refractivity contribution is 0.137. The van der Waals surface area contributed by atoms with E-state index in [4.69, 9.17) is 0 Å². The fraction of sp³-hybridized carbons (Fsp3) is 0.273. The molecule has 0 aliphatic carbocycles. The Morgan fingerprint density at radius 1 is 1.35 bits per heavy atom. The molecule has 3 aromatic heterocycles. The minimum atomic E-state index is -2.71. The van der Waals surface area contributed by atoms with Crippen LogP contribution < -0.4 is 0 Å². The minimum absolute atomic E-state index is 0.290. The van der Waals surface area contributed by atoms with Crippen LogP contribution in [0.2, 0.25) is 0 Å². The molecule has 9 heteroatoms. The second-order valence-electron chi connectivity index (χ2n) is 3.97. The van der Waals surface area contributed by atoms with Crippen molar-refractivity contribution in [3.63, 3.8) is 0 Å². The quantitative estimate of drug-likeness (QED) is 0.801. The Labute approximate surface area is 116 Å². The van der Waals surface area contributed by atoms with E-state index in [1.807, 2.05) is 6.92 Å². The van der Waals surface area contributed by atoms with Gasteiger partial charge in [0, 0.05) is 11.9 Å². The molecule has 0 aliphatic rings. The lowest BCUT2D eigenvalue weighted by Crippen LogP contribution is -2.00. The van der Waals surface area contributed by atoms with Crippen molar-refractivity contribution in [3.8, 4) is 0 Å². The van der Waals surface area contributed by atoms with Gasteiger partial charge >= 0.3 is 0 Å². The third kappa shape index (κ3) is 2.36. The maximum Gasteiger partial charge on any atom is 0.299 e. The summed E-state index contributed by atoms with van der Waals surface area (Å²) < 4.78 is 26.6. The Morgan fingerprint density at radius 2 is 2.20 bits per heavy atom. The number of nitrogens with zero attached hydrogens (tertiary/aromatic N) is 5. The van der Waals surface area contributed by atoms with Crippen LogP contribution in [-0.4, -0.2) is 29.8 Å². The molecule has 3 aromatic rings. The van der Waals surface area contributed by atoms with Crippen LogP contribution in [-0.2, 0) is 6.42 Å². The molecule has 3 rings (SSSR count). The van der Waals surface area contributed by atoms with Gasteiger partial charge in [-0.05, 0) is 30.3 Å². The Hall–Kier alpha value is -2.03. The summed E-state index contributed by atoms with van der Waals surface area (Å²) in [6, 6.07) is 3.29. The number of imidazole rings is 1. The van der Waals surface area contributed by atoms with Gasteiger partial charge < -0.3 is 4.98 Å². The zero-order chi connectivity index (χ0) is 14.1. The van der Waals surface area contributed by atoms with Crippen LogP contribution in [0.5, 0.6) is 0 Å². The summed E-state index contributed by atoms with van der Waals surface area (Å²) in [6.45, 7) is 2.01. The molecule has 20 heavy (non-hydrogen) atoms. The summed E-state index contributed by atoms with van der Waals surface area (Å²) in [7, 11) is 0. The smallest absolute Gasteiger partial charge is 0.299 e. The normalized spacial score (nSPS) is 11.6. The molecular formula is C11H10F2N6S. The SMILES string of the molecule is CCc1cnc(Sc2ccc3nnc(C(F)F)n3n2)[nH]1. The maximum absolute atomic E-state index is 12.7. The highest BCUT2D eigenvalue weighted by Gasteiger charge is 2.17. The van der Waals surface area contributed by atoms with Gasteiger partial charge in [0.2, 0.25) is 5.82 Å². The molecule has 3 heterocycles. The van der Waals surface area contributed by atoms with Gasteiger partial charge in [-0.25, -0.2) is 13.8 Å². The maximum atomic E-state index is 12.7. The van der Waals surface area contributed by atoms with Gasteiger partial charge in [0.1, 0.15) is 5.03 Å². The highest BCUT2D eigenvalue weighted by Crippen LogP contribution is 2.24. The van der Waals surface area contributed by atoms with Gasteiger partial charge in [0.05, 0.1) is 0 Å². The third-order valence-electron chi connectivity index (χ3n) is 2.64. The Bertz CT molecular complexity index is 737. The average Bonchev–Trinajstić information content (AvgIpc) is 3.04. The number of rotatable bonds is 4. The van der Waals surface area contributed by atoms with E-state index in [-0.39, 0.29) is 0 Å². The van der Waals surface area contributed by atoms with Crippen molar-refractivity contribution in [2.75, 3.05) is 0 Å². The second-order valence-corrected chi connectivity index (χ2v) is 4.98. The van der Waals surface area contributed by atoms with Crippen molar-refractivity contribution in [1.82, 2.24) is 29.8 Å². The summed E-state index contributed by atoms with van der Waals surface area (Å²) in [5.41, 5.74) is 1.30. The van der Waals surface area contributed by atoms with E-state index in [2.05, 4.69) is 25.3 Å². The van der Waals surface area contributed by atoms with Gasteiger partial charge in [0.25, 0.3) is 6.43 Å². The first-order valence-electron chi connectivity index (χ1n) is 5.89. The molecular weight excluding hydrogens is 286 g/mol. The minimum Gasteiger partial charge on any atom is -0.337 e. The summed E-state index contributed by atoms with van der Waals surface area (Å²) in [4.78, 5) is 7.30. The molecule has 0 aromatic carbocycles. The molecule has 0 saturated heterocycles. The van der Waals surface area contributed by atoms with E-state index in [0.29, 0.717) is 15.8 Å². The number of halogens is 2. The first-order chi connectivity index (χ1) is 9.67. The van der Waals surface area contributed by atoms with Gasteiger partial charge in [0.15, 0.2) is 10.8 Å². The lowest BCUT2D eigenvalue weighted by Gasteiger charge is -2.00. The Kier molecular flexibility index (Phi) is 3.35. The summed E-state index contributed by atoms with van der Waals surface area (Å²) in [5.74, 6) is -0.462. The molecule has 0 bridgehead atoms. The number of H-pyrrole nitrogens is 1. The second kappa shape index (κ2) is 5.16. The number of alkyl halides is 2. The van der Waals surface area contributed by atoms with E-state index in [0.717, 1.165) is 16.6 Å². The van der Waals surface area contributed by atoms with Gasteiger partial charge in [-0.1, -0.05) is 6.92 Å². The van der Waals surface area contributed by atoms with E-state index < -0.39 is 12.2 Å². The monoisotopic (exact) mass is 296 g/mol. The molecule has 0 aliphatic heterocycles. The van der Waals surface area contributed by atoms with E-state index in [1.165, 1.54) is 11.8 Å². The van der Waals surface area contributed by atoms with Crippen molar-refractivity contribution in [3.05, 3.63) is 29.8 Å². The number of aryl methyl sites for hydroxylation is 1. The number of fused-ring (bicyclic) bond motifs is 1. The number of aromatic amines is 1. The fourth-order valence-corrected chi connectivity index (χ4v) is 2.39. The standard InChI is InChI=1S/C11H10F2N6S/c1-2-6-5-14-11(15-6)20-8-4-3-7-16-17-10(9(12)13)19(7)18-8/h3-5,9H,2H2,1H3,(H,14,15). The van der Waals surface area contributed by atoms with Crippen LogP contribution in [0.25, 0.3) is 5.65 Å². The van der Waals surface area contributed by atoms with Crippen LogP contribution in [0, 0.1) is 0 Å². The Morgan fingerprint density at radius 3 is 2.90 bits per heavy atom. The topological polar surface area (TPSA) is 71.8 Å². The zero-order valence-electron chi connectivity index (χ0n) is 10.4. The van der Waals surface area contributed by atoms with Gasteiger partial charge in [-0.3, -0.25) is 0 Å². The number of aromatic nitrogens is 6. The summed E-state index contributed by atoms with van der Waals surface area (Å²) in [6.07, 6.45) is -0.126.